The summed E-state index contributed by atoms with van der Waals surface area (Å²) in [7, 11) is 0. The van der Waals surface area contributed by atoms with Gasteiger partial charge in [0.1, 0.15) is 0 Å². The largest absolute Gasteiger partial charge is 0.370 e. The summed E-state index contributed by atoms with van der Waals surface area (Å²) in [5.41, 5.74) is 9.76. The van der Waals surface area contributed by atoms with Gasteiger partial charge in [0, 0.05) is 11.8 Å². The molecule has 1 aromatic carbocycles. The average molecular weight is 275 g/mol. The number of aryl methyl sites for hydroxylation is 1. The van der Waals surface area contributed by atoms with E-state index in [1.165, 1.54) is 16.9 Å². The van der Waals surface area contributed by atoms with Crippen LogP contribution in [0.25, 0.3) is 0 Å². The van der Waals surface area contributed by atoms with Crippen molar-refractivity contribution in [2.45, 2.75) is 18.6 Å². The SMILES string of the molecule is C=C(C)CN=C(N)NCC1SCCc2ccccc21. The van der Waals surface area contributed by atoms with E-state index >= 15 is 0 Å². The molecule has 102 valence electrons. The molecule has 4 heteroatoms. The summed E-state index contributed by atoms with van der Waals surface area (Å²) in [6.07, 6.45) is 1.16. The van der Waals surface area contributed by atoms with Crippen LogP contribution >= 0.6 is 11.8 Å². The first kappa shape index (κ1) is 14.0. The second kappa shape index (κ2) is 6.66. The van der Waals surface area contributed by atoms with Crippen molar-refractivity contribution in [1.29, 1.82) is 0 Å². The van der Waals surface area contributed by atoms with E-state index in [1.807, 2.05) is 18.7 Å². The van der Waals surface area contributed by atoms with Gasteiger partial charge in [0.2, 0.25) is 0 Å². The van der Waals surface area contributed by atoms with Crippen LogP contribution in [0.5, 0.6) is 0 Å². The molecule has 1 aromatic rings. The Balaban J connectivity index is 1.94. The summed E-state index contributed by atoms with van der Waals surface area (Å²) in [6.45, 7) is 7.18. The van der Waals surface area contributed by atoms with Gasteiger partial charge in [0.05, 0.1) is 6.54 Å². The number of nitrogens with zero attached hydrogens (tertiary/aromatic N) is 1. The molecular formula is C15H21N3S. The van der Waals surface area contributed by atoms with Crippen molar-refractivity contribution in [1.82, 2.24) is 5.32 Å². The number of rotatable bonds is 4. The maximum absolute atomic E-state index is 5.85. The summed E-state index contributed by atoms with van der Waals surface area (Å²) in [5.74, 6) is 1.68. The first-order valence-electron chi connectivity index (χ1n) is 6.54. The molecule has 0 saturated carbocycles. The third-order valence-corrected chi connectivity index (χ3v) is 4.34. The molecule has 0 saturated heterocycles. The maximum atomic E-state index is 5.85. The highest BCUT2D eigenvalue weighted by atomic mass is 32.2. The molecule has 0 fully saturated rings. The van der Waals surface area contributed by atoms with Crippen molar-refractivity contribution in [2.75, 3.05) is 18.8 Å². The van der Waals surface area contributed by atoms with Crippen molar-refractivity contribution in [2.24, 2.45) is 10.7 Å². The Hall–Kier alpha value is -1.42. The van der Waals surface area contributed by atoms with Crippen molar-refractivity contribution < 1.29 is 0 Å². The van der Waals surface area contributed by atoms with Gasteiger partial charge in [0.15, 0.2) is 5.96 Å². The summed E-state index contributed by atoms with van der Waals surface area (Å²) < 4.78 is 0. The zero-order chi connectivity index (χ0) is 13.7. The number of nitrogens with two attached hydrogens (primary N) is 1. The molecule has 19 heavy (non-hydrogen) atoms. The van der Waals surface area contributed by atoms with Gasteiger partial charge in [0.25, 0.3) is 0 Å². The van der Waals surface area contributed by atoms with E-state index in [0.29, 0.717) is 17.8 Å². The predicted octanol–water partition coefficient (Wildman–Crippen LogP) is 2.50. The topological polar surface area (TPSA) is 50.4 Å². The number of benzene rings is 1. The van der Waals surface area contributed by atoms with Crippen LogP contribution in [0.4, 0.5) is 0 Å². The van der Waals surface area contributed by atoms with Crippen molar-refractivity contribution in [3.63, 3.8) is 0 Å². The molecule has 0 amide bonds. The van der Waals surface area contributed by atoms with Crippen molar-refractivity contribution in [3.8, 4) is 0 Å². The quantitative estimate of drug-likeness (QED) is 0.504. The number of fused-ring (bicyclic) bond motifs is 1. The number of thioether (sulfide) groups is 1. The van der Waals surface area contributed by atoms with E-state index in [9.17, 15) is 0 Å². The lowest BCUT2D eigenvalue weighted by Gasteiger charge is -2.25. The van der Waals surface area contributed by atoms with Crippen LogP contribution in [0, 0.1) is 0 Å². The van der Waals surface area contributed by atoms with E-state index in [2.05, 4.69) is 41.2 Å². The van der Waals surface area contributed by atoms with Crippen LogP contribution in [0.1, 0.15) is 23.3 Å². The van der Waals surface area contributed by atoms with Crippen molar-refractivity contribution >= 4 is 17.7 Å². The summed E-state index contributed by atoms with van der Waals surface area (Å²) >= 11 is 1.98. The smallest absolute Gasteiger partial charge is 0.188 e. The number of hydrogen-bond acceptors (Lipinski definition) is 2. The lowest BCUT2D eigenvalue weighted by atomic mass is 10.0. The molecule has 3 N–H and O–H groups in total. The van der Waals surface area contributed by atoms with Crippen LogP contribution in [0.3, 0.4) is 0 Å². The van der Waals surface area contributed by atoms with E-state index in [1.54, 1.807) is 0 Å². The van der Waals surface area contributed by atoms with Crippen LogP contribution in [-0.2, 0) is 6.42 Å². The number of nitrogens with one attached hydrogen (secondary N) is 1. The Morgan fingerprint density at radius 1 is 1.53 bits per heavy atom. The Labute approximate surface area is 119 Å². The van der Waals surface area contributed by atoms with Crippen LogP contribution in [0.2, 0.25) is 0 Å². The normalized spacial score (nSPS) is 18.8. The average Bonchev–Trinajstić information content (AvgIpc) is 2.42. The van der Waals surface area contributed by atoms with Gasteiger partial charge in [-0.1, -0.05) is 36.4 Å². The minimum Gasteiger partial charge on any atom is -0.370 e. The molecule has 1 atom stereocenters. The fourth-order valence-electron chi connectivity index (χ4n) is 2.12. The van der Waals surface area contributed by atoms with Crippen LogP contribution in [0.15, 0.2) is 41.4 Å². The lowest BCUT2D eigenvalue weighted by molar-refractivity contribution is 0.814. The molecule has 0 aromatic heterocycles. The van der Waals surface area contributed by atoms with Crippen LogP contribution < -0.4 is 11.1 Å². The van der Waals surface area contributed by atoms with Gasteiger partial charge in [-0.15, -0.1) is 0 Å². The Morgan fingerprint density at radius 2 is 2.32 bits per heavy atom. The molecule has 0 radical (unpaired) electrons. The molecule has 3 nitrogen and oxygen atoms in total. The molecule has 1 unspecified atom stereocenters. The van der Waals surface area contributed by atoms with Gasteiger partial charge in [-0.3, -0.25) is 0 Å². The van der Waals surface area contributed by atoms with E-state index in [4.69, 9.17) is 5.73 Å². The highest BCUT2D eigenvalue weighted by molar-refractivity contribution is 7.99. The maximum Gasteiger partial charge on any atom is 0.188 e. The highest BCUT2D eigenvalue weighted by Gasteiger charge is 2.19. The molecule has 0 aliphatic carbocycles. The zero-order valence-corrected chi connectivity index (χ0v) is 12.2. The van der Waals surface area contributed by atoms with E-state index in [0.717, 1.165) is 18.5 Å². The molecule has 2 rings (SSSR count). The highest BCUT2D eigenvalue weighted by Crippen LogP contribution is 2.35. The fourth-order valence-corrected chi connectivity index (χ4v) is 3.35. The van der Waals surface area contributed by atoms with Gasteiger partial charge >= 0.3 is 0 Å². The summed E-state index contributed by atoms with van der Waals surface area (Å²) in [6, 6.07) is 8.66. The molecule has 0 spiro atoms. The van der Waals surface area contributed by atoms with Gasteiger partial charge < -0.3 is 11.1 Å². The standard InChI is InChI=1S/C15H21N3S/c1-11(2)9-17-15(16)18-10-14-13-6-4-3-5-12(13)7-8-19-14/h3-6,14H,1,7-10H2,2H3,(H3,16,17,18). The molecule has 1 heterocycles. The molecule has 0 bridgehead atoms. The predicted molar refractivity (Wildman–Crippen MR) is 84.7 cm³/mol. The Kier molecular flexibility index (Phi) is 4.91. The summed E-state index contributed by atoms with van der Waals surface area (Å²) in [5, 5.41) is 3.68. The minimum absolute atomic E-state index is 0.462. The zero-order valence-electron chi connectivity index (χ0n) is 11.4. The number of hydrogen-bond donors (Lipinski definition) is 2. The Bertz CT molecular complexity index is 482. The van der Waals surface area contributed by atoms with E-state index < -0.39 is 0 Å². The summed E-state index contributed by atoms with van der Waals surface area (Å²) in [4.78, 5) is 4.24. The third kappa shape index (κ3) is 4.03. The van der Waals surface area contributed by atoms with Gasteiger partial charge in [-0.05, 0) is 30.2 Å². The van der Waals surface area contributed by atoms with E-state index in [-0.39, 0.29) is 0 Å². The first-order chi connectivity index (χ1) is 9.16. The minimum atomic E-state index is 0.462. The van der Waals surface area contributed by atoms with Crippen molar-refractivity contribution in [3.05, 3.63) is 47.5 Å². The lowest BCUT2D eigenvalue weighted by Crippen LogP contribution is -2.35. The molecular weight excluding hydrogens is 254 g/mol. The number of guanidine groups is 1. The Morgan fingerprint density at radius 3 is 3.11 bits per heavy atom. The van der Waals surface area contributed by atoms with Gasteiger partial charge in [-0.2, -0.15) is 11.8 Å². The molecule has 1 aliphatic rings. The second-order valence-corrected chi connectivity index (χ2v) is 6.16. The molecule has 1 aliphatic heterocycles. The third-order valence-electron chi connectivity index (χ3n) is 3.08. The fraction of sp³-hybridized carbons (Fsp3) is 0.400. The van der Waals surface area contributed by atoms with Gasteiger partial charge in [-0.25, -0.2) is 4.99 Å². The van der Waals surface area contributed by atoms with Crippen LogP contribution in [-0.4, -0.2) is 24.8 Å². The first-order valence-corrected chi connectivity index (χ1v) is 7.59. The second-order valence-electron chi connectivity index (χ2n) is 4.85. The monoisotopic (exact) mass is 275 g/mol. The number of aliphatic imine (C=N–C) groups is 1.